The predicted molar refractivity (Wildman–Crippen MR) is 167 cm³/mol. The first kappa shape index (κ1) is 37.9. The van der Waals surface area contributed by atoms with E-state index in [0.717, 1.165) is 25.7 Å². The zero-order chi connectivity index (χ0) is 28.5. The molecule has 0 bridgehead atoms. The van der Waals surface area contributed by atoms with Gasteiger partial charge in [-0.05, 0) is 12.8 Å². The molecule has 0 unspecified atom stereocenters. The van der Waals surface area contributed by atoms with Crippen molar-refractivity contribution in [2.75, 3.05) is 6.79 Å². The molecule has 0 N–H and O–H groups in total. The van der Waals surface area contributed by atoms with Gasteiger partial charge in [0.05, 0.1) is 0 Å². The van der Waals surface area contributed by atoms with Gasteiger partial charge in [0.25, 0.3) is 0 Å². The Labute approximate surface area is 244 Å². The van der Waals surface area contributed by atoms with E-state index in [0.29, 0.717) is 12.8 Å². The number of ether oxygens (including phenoxy) is 2. The molecular weight excluding hydrogens is 484 g/mol. The Balaban J connectivity index is 3.27. The van der Waals surface area contributed by atoms with E-state index in [4.69, 9.17) is 9.47 Å². The monoisotopic (exact) mass is 553 g/mol. The first-order chi connectivity index (χ1) is 19.2. The highest BCUT2D eigenvalue weighted by Crippen LogP contribution is 2.15. The van der Waals surface area contributed by atoms with E-state index < -0.39 is 0 Å². The second-order valence-electron chi connectivity index (χ2n) is 11.8. The lowest BCUT2D eigenvalue weighted by atomic mass is 10.0. The Bertz CT molecular complexity index is 505. The summed E-state index contributed by atoms with van der Waals surface area (Å²) in [5.41, 5.74) is 0. The third kappa shape index (κ3) is 33.0. The maximum atomic E-state index is 11.8. The van der Waals surface area contributed by atoms with Crippen LogP contribution >= 0.6 is 0 Å². The van der Waals surface area contributed by atoms with Crippen molar-refractivity contribution in [1.29, 1.82) is 0 Å². The molecule has 232 valence electrons. The average Bonchev–Trinajstić information content (AvgIpc) is 2.93. The number of esters is 2. The first-order valence-corrected chi connectivity index (χ1v) is 17.5. The molecule has 0 atom stereocenters. The fourth-order valence-electron chi connectivity index (χ4n) is 5.23. The zero-order valence-electron chi connectivity index (χ0n) is 26.6. The third-order valence-electron chi connectivity index (χ3n) is 7.91. The van der Waals surface area contributed by atoms with Crippen LogP contribution in [0.3, 0.4) is 0 Å². The maximum absolute atomic E-state index is 11.8. The molecule has 0 spiro atoms. The minimum atomic E-state index is -0.252. The van der Waals surface area contributed by atoms with Crippen LogP contribution in [-0.2, 0) is 19.1 Å². The van der Waals surface area contributed by atoms with Crippen LogP contribution in [0.1, 0.15) is 206 Å². The molecule has 39 heavy (non-hydrogen) atoms. The van der Waals surface area contributed by atoms with Crippen molar-refractivity contribution in [3.05, 3.63) is 0 Å². The summed E-state index contributed by atoms with van der Waals surface area (Å²) in [6, 6.07) is 0. The Morgan fingerprint density at radius 3 is 0.769 bits per heavy atom. The number of hydrogen-bond acceptors (Lipinski definition) is 4. The fraction of sp³-hybridized carbons (Fsp3) is 0.943. The minimum Gasteiger partial charge on any atom is -0.428 e. The van der Waals surface area contributed by atoms with E-state index in [2.05, 4.69) is 13.8 Å². The molecule has 4 nitrogen and oxygen atoms in total. The summed E-state index contributed by atoms with van der Waals surface area (Å²) in [6.07, 6.45) is 37.2. The Hall–Kier alpha value is -1.06. The molecule has 0 fully saturated rings. The molecular formula is C35H68O4. The number of unbranched alkanes of at least 4 members (excludes halogenated alkanes) is 26. The van der Waals surface area contributed by atoms with Gasteiger partial charge in [0.15, 0.2) is 0 Å². The van der Waals surface area contributed by atoms with Gasteiger partial charge in [-0.1, -0.05) is 181 Å². The molecule has 0 aliphatic rings. The average molecular weight is 553 g/mol. The van der Waals surface area contributed by atoms with Crippen molar-refractivity contribution in [2.45, 2.75) is 206 Å². The van der Waals surface area contributed by atoms with Gasteiger partial charge in [-0.3, -0.25) is 9.59 Å². The predicted octanol–water partition coefficient (Wildman–Crippen LogP) is 11.8. The number of carbonyl (C=O) groups excluding carboxylic acids is 2. The van der Waals surface area contributed by atoms with Gasteiger partial charge in [-0.25, -0.2) is 0 Å². The molecule has 0 aromatic rings. The summed E-state index contributed by atoms with van der Waals surface area (Å²) in [7, 11) is 0. The topological polar surface area (TPSA) is 52.6 Å². The normalized spacial score (nSPS) is 11.1. The summed E-state index contributed by atoms with van der Waals surface area (Å²) in [5, 5.41) is 0. The van der Waals surface area contributed by atoms with Gasteiger partial charge in [-0.2, -0.15) is 0 Å². The highest BCUT2D eigenvalue weighted by Gasteiger charge is 2.06. The van der Waals surface area contributed by atoms with Crippen molar-refractivity contribution in [2.24, 2.45) is 0 Å². The summed E-state index contributed by atoms with van der Waals surface area (Å²) >= 11 is 0. The lowest BCUT2D eigenvalue weighted by Crippen LogP contribution is -2.12. The van der Waals surface area contributed by atoms with Crippen LogP contribution in [0.2, 0.25) is 0 Å². The van der Waals surface area contributed by atoms with Crippen molar-refractivity contribution >= 4 is 11.9 Å². The summed E-state index contributed by atoms with van der Waals surface area (Å²) in [6.45, 7) is 4.31. The van der Waals surface area contributed by atoms with Gasteiger partial charge in [-0.15, -0.1) is 0 Å². The van der Waals surface area contributed by atoms with Crippen molar-refractivity contribution < 1.29 is 19.1 Å². The highest BCUT2D eigenvalue weighted by atomic mass is 16.7. The van der Waals surface area contributed by atoms with Crippen LogP contribution in [-0.4, -0.2) is 18.7 Å². The van der Waals surface area contributed by atoms with Crippen molar-refractivity contribution in [3.63, 3.8) is 0 Å². The van der Waals surface area contributed by atoms with Crippen molar-refractivity contribution in [1.82, 2.24) is 0 Å². The molecule has 0 aromatic carbocycles. The van der Waals surface area contributed by atoms with Crippen LogP contribution in [0.25, 0.3) is 0 Å². The summed E-state index contributed by atoms with van der Waals surface area (Å²) < 4.78 is 10.1. The van der Waals surface area contributed by atoms with Crippen molar-refractivity contribution in [3.8, 4) is 0 Å². The smallest absolute Gasteiger partial charge is 0.308 e. The summed E-state index contributed by atoms with van der Waals surface area (Å²) in [4.78, 5) is 23.7. The maximum Gasteiger partial charge on any atom is 0.308 e. The second-order valence-corrected chi connectivity index (χ2v) is 11.8. The molecule has 0 heterocycles. The van der Waals surface area contributed by atoms with Crippen LogP contribution in [0.4, 0.5) is 0 Å². The minimum absolute atomic E-state index is 0.227. The molecule has 4 heteroatoms. The highest BCUT2D eigenvalue weighted by molar-refractivity contribution is 5.70. The lowest BCUT2D eigenvalue weighted by Gasteiger charge is -2.07. The number of carbonyl (C=O) groups is 2. The van der Waals surface area contributed by atoms with Gasteiger partial charge in [0.2, 0.25) is 6.79 Å². The Morgan fingerprint density at radius 2 is 0.538 bits per heavy atom. The first-order valence-electron chi connectivity index (χ1n) is 17.5. The Kier molecular flexibility index (Phi) is 32.2. The molecule has 0 radical (unpaired) electrons. The van der Waals surface area contributed by atoms with Crippen LogP contribution in [0.15, 0.2) is 0 Å². The van der Waals surface area contributed by atoms with E-state index in [1.54, 1.807) is 0 Å². The second kappa shape index (κ2) is 33.1. The van der Waals surface area contributed by atoms with Gasteiger partial charge in [0, 0.05) is 12.8 Å². The van der Waals surface area contributed by atoms with Gasteiger partial charge >= 0.3 is 11.9 Å². The van der Waals surface area contributed by atoms with E-state index >= 15 is 0 Å². The third-order valence-corrected chi connectivity index (χ3v) is 7.91. The molecule has 0 saturated carbocycles. The van der Waals surface area contributed by atoms with Gasteiger partial charge < -0.3 is 9.47 Å². The van der Waals surface area contributed by atoms with E-state index in [1.807, 2.05) is 0 Å². The Morgan fingerprint density at radius 1 is 0.333 bits per heavy atom. The van der Waals surface area contributed by atoms with Crippen LogP contribution in [0.5, 0.6) is 0 Å². The standard InChI is InChI=1S/C35H68O4/c1-3-5-7-9-11-13-15-17-18-20-22-24-26-28-30-32-35(37)39-33-38-34(36)31-29-27-25-23-21-19-16-14-12-10-8-6-4-2/h3-33H2,1-2H3. The van der Waals surface area contributed by atoms with E-state index in [1.165, 1.54) is 154 Å². The van der Waals surface area contributed by atoms with Gasteiger partial charge in [0.1, 0.15) is 0 Å². The quantitative estimate of drug-likeness (QED) is 0.0473. The number of rotatable bonds is 32. The van der Waals surface area contributed by atoms with Crippen LogP contribution < -0.4 is 0 Å². The van der Waals surface area contributed by atoms with Crippen LogP contribution in [0, 0.1) is 0 Å². The molecule has 0 saturated heterocycles. The molecule has 0 aliphatic heterocycles. The number of hydrogen-bond donors (Lipinski definition) is 0. The molecule has 0 aliphatic carbocycles. The summed E-state index contributed by atoms with van der Waals surface area (Å²) in [5.74, 6) is -0.503. The zero-order valence-corrected chi connectivity index (χ0v) is 26.6. The fourth-order valence-corrected chi connectivity index (χ4v) is 5.23. The SMILES string of the molecule is CCCCCCCCCCCCCCCCCC(=O)OCOC(=O)CCCCCCCCCCCCCCC. The largest absolute Gasteiger partial charge is 0.428 e. The van der Waals surface area contributed by atoms with E-state index in [9.17, 15) is 9.59 Å². The molecule has 0 amide bonds. The van der Waals surface area contributed by atoms with E-state index in [-0.39, 0.29) is 18.7 Å². The molecule has 0 aromatic heterocycles. The lowest BCUT2D eigenvalue weighted by molar-refractivity contribution is -0.167. The molecule has 0 rings (SSSR count).